The summed E-state index contributed by atoms with van der Waals surface area (Å²) in [4.78, 5) is 32.1. The Kier molecular flexibility index (Phi) is 7.57. The van der Waals surface area contributed by atoms with Crippen LogP contribution < -0.4 is 5.32 Å². The Morgan fingerprint density at radius 3 is 3.03 bits per heavy atom. The summed E-state index contributed by atoms with van der Waals surface area (Å²) in [6, 6.07) is 10.5. The van der Waals surface area contributed by atoms with Crippen molar-refractivity contribution in [2.24, 2.45) is 5.92 Å². The van der Waals surface area contributed by atoms with Crippen molar-refractivity contribution in [1.82, 2.24) is 9.88 Å². The Balaban J connectivity index is 1.38. The fourth-order valence-electron chi connectivity index (χ4n) is 4.95. The average Bonchev–Trinajstić information content (AvgIpc) is 3.17. The molecule has 33 heavy (non-hydrogen) atoms. The topological polar surface area (TPSA) is 71.5 Å². The Bertz CT molecular complexity index is 996. The van der Waals surface area contributed by atoms with Crippen LogP contribution in [0.3, 0.4) is 0 Å². The van der Waals surface area contributed by atoms with Crippen LogP contribution >= 0.6 is 0 Å². The van der Waals surface area contributed by atoms with Crippen molar-refractivity contribution in [3.63, 3.8) is 0 Å². The third-order valence-electron chi connectivity index (χ3n) is 6.61. The predicted octanol–water partition coefficient (Wildman–Crippen LogP) is 4.10. The normalized spacial score (nSPS) is 18.5. The molecule has 176 valence electrons. The largest absolute Gasteiger partial charge is 0.466 e. The third-order valence-corrected chi connectivity index (χ3v) is 6.61. The summed E-state index contributed by atoms with van der Waals surface area (Å²) in [6.07, 6.45) is 4.57. The van der Waals surface area contributed by atoms with Crippen LogP contribution in [-0.4, -0.2) is 48.0 Å². The molecule has 2 atom stereocenters. The molecule has 1 fully saturated rings. The van der Waals surface area contributed by atoms with E-state index in [1.807, 2.05) is 4.90 Å². The Morgan fingerprint density at radius 2 is 2.21 bits per heavy atom. The van der Waals surface area contributed by atoms with E-state index < -0.39 is 0 Å². The van der Waals surface area contributed by atoms with Gasteiger partial charge in [0.15, 0.2) is 0 Å². The van der Waals surface area contributed by atoms with Gasteiger partial charge in [0, 0.05) is 37.2 Å². The van der Waals surface area contributed by atoms with E-state index in [0.717, 1.165) is 43.7 Å². The van der Waals surface area contributed by atoms with Crippen molar-refractivity contribution in [1.29, 1.82) is 0 Å². The number of aryl methyl sites for hydroxylation is 2. The second-order valence-corrected chi connectivity index (χ2v) is 8.84. The van der Waals surface area contributed by atoms with Crippen LogP contribution in [0.4, 0.5) is 10.2 Å². The van der Waals surface area contributed by atoms with Crippen LogP contribution in [0.15, 0.2) is 36.4 Å². The van der Waals surface area contributed by atoms with E-state index in [-0.39, 0.29) is 42.6 Å². The van der Waals surface area contributed by atoms with Crippen molar-refractivity contribution < 1.29 is 18.7 Å². The predicted molar refractivity (Wildman–Crippen MR) is 124 cm³/mol. The summed E-state index contributed by atoms with van der Waals surface area (Å²) < 4.78 is 19.0. The van der Waals surface area contributed by atoms with Crippen molar-refractivity contribution >= 4 is 17.7 Å². The molecule has 0 saturated carbocycles. The SMILES string of the molecule is CCOC(=O)CC(c1cccc(F)c1)C1CCN(CCCc2ccc3c(n2)NCCC3)C1=O. The van der Waals surface area contributed by atoms with Crippen LogP contribution in [0.1, 0.15) is 55.3 Å². The van der Waals surface area contributed by atoms with E-state index in [1.165, 1.54) is 17.7 Å². The highest BCUT2D eigenvalue weighted by Crippen LogP contribution is 2.36. The molecule has 3 heterocycles. The highest BCUT2D eigenvalue weighted by atomic mass is 19.1. The summed E-state index contributed by atoms with van der Waals surface area (Å²) >= 11 is 0. The molecule has 2 unspecified atom stereocenters. The van der Waals surface area contributed by atoms with Gasteiger partial charge in [0.2, 0.25) is 5.91 Å². The van der Waals surface area contributed by atoms with E-state index >= 15 is 0 Å². The number of nitrogens with one attached hydrogen (secondary N) is 1. The molecule has 6 nitrogen and oxygen atoms in total. The van der Waals surface area contributed by atoms with Gasteiger partial charge in [-0.3, -0.25) is 9.59 Å². The molecule has 1 aromatic carbocycles. The quantitative estimate of drug-likeness (QED) is 0.579. The third kappa shape index (κ3) is 5.70. The molecule has 1 saturated heterocycles. The number of nitrogens with zero attached hydrogens (tertiary/aromatic N) is 2. The minimum absolute atomic E-state index is 0.0358. The highest BCUT2D eigenvalue weighted by molar-refractivity contribution is 5.83. The molecule has 1 amide bonds. The van der Waals surface area contributed by atoms with Crippen LogP contribution in [-0.2, 0) is 27.2 Å². The molecule has 7 heteroatoms. The number of pyridine rings is 1. The molecular weight excluding hydrogens is 421 g/mol. The fraction of sp³-hybridized carbons (Fsp3) is 0.500. The number of carbonyl (C=O) groups excluding carboxylic acids is 2. The first kappa shape index (κ1) is 23.2. The Hall–Kier alpha value is -2.96. The number of hydrogen-bond acceptors (Lipinski definition) is 5. The minimum atomic E-state index is -0.384. The standard InChI is InChI=1S/C26H32FN3O3/c1-2-33-24(31)17-23(19-6-3-8-20(27)16-19)22-12-15-30(26(22)32)14-5-9-21-11-10-18-7-4-13-28-25(18)29-21/h3,6,8,10-11,16,22-23H,2,4-5,7,9,12-15,17H2,1H3,(H,28,29). The summed E-state index contributed by atoms with van der Waals surface area (Å²) in [5.74, 6) is -0.421. The number of aromatic nitrogens is 1. The highest BCUT2D eigenvalue weighted by Gasteiger charge is 2.39. The second kappa shape index (κ2) is 10.8. The number of carbonyl (C=O) groups is 2. The molecule has 2 aromatic rings. The molecule has 1 aromatic heterocycles. The van der Waals surface area contributed by atoms with Crippen molar-refractivity contribution in [3.8, 4) is 0 Å². The smallest absolute Gasteiger partial charge is 0.306 e. The molecular formula is C26H32FN3O3. The maximum absolute atomic E-state index is 13.9. The van der Waals surface area contributed by atoms with Gasteiger partial charge in [-0.1, -0.05) is 18.2 Å². The monoisotopic (exact) mass is 453 g/mol. The van der Waals surface area contributed by atoms with Crippen LogP contribution in [0, 0.1) is 11.7 Å². The number of benzene rings is 1. The summed E-state index contributed by atoms with van der Waals surface area (Å²) in [5.41, 5.74) is 2.98. The van der Waals surface area contributed by atoms with E-state index in [0.29, 0.717) is 25.1 Å². The zero-order valence-electron chi connectivity index (χ0n) is 19.2. The minimum Gasteiger partial charge on any atom is -0.466 e. The number of fused-ring (bicyclic) bond motifs is 1. The van der Waals surface area contributed by atoms with Gasteiger partial charge in [0.1, 0.15) is 11.6 Å². The zero-order chi connectivity index (χ0) is 23.2. The average molecular weight is 454 g/mol. The maximum atomic E-state index is 13.9. The van der Waals surface area contributed by atoms with E-state index in [1.54, 1.807) is 19.1 Å². The molecule has 0 radical (unpaired) electrons. The van der Waals surface area contributed by atoms with Crippen LogP contribution in [0.25, 0.3) is 0 Å². The first-order valence-electron chi connectivity index (χ1n) is 12.0. The van der Waals surface area contributed by atoms with Gasteiger partial charge in [0.05, 0.1) is 13.0 Å². The van der Waals surface area contributed by atoms with Gasteiger partial charge in [0.25, 0.3) is 0 Å². The lowest BCUT2D eigenvalue weighted by Gasteiger charge is -2.23. The van der Waals surface area contributed by atoms with Crippen molar-refractivity contribution in [2.75, 3.05) is 31.6 Å². The molecule has 0 spiro atoms. The summed E-state index contributed by atoms with van der Waals surface area (Å²) in [7, 11) is 0. The molecule has 2 aliphatic rings. The number of rotatable bonds is 9. The van der Waals surface area contributed by atoms with Gasteiger partial charge in [-0.15, -0.1) is 0 Å². The maximum Gasteiger partial charge on any atom is 0.306 e. The number of anilines is 1. The number of ether oxygens (including phenoxy) is 1. The first-order valence-corrected chi connectivity index (χ1v) is 12.0. The summed E-state index contributed by atoms with van der Waals surface area (Å²) in [6.45, 7) is 4.30. The Labute approximate surface area is 194 Å². The number of hydrogen-bond donors (Lipinski definition) is 1. The fourth-order valence-corrected chi connectivity index (χ4v) is 4.95. The number of amides is 1. The lowest BCUT2D eigenvalue weighted by molar-refractivity contribution is -0.144. The van der Waals surface area contributed by atoms with E-state index in [4.69, 9.17) is 9.72 Å². The van der Waals surface area contributed by atoms with Crippen LogP contribution in [0.2, 0.25) is 0 Å². The van der Waals surface area contributed by atoms with Gasteiger partial charge < -0.3 is 15.0 Å². The second-order valence-electron chi connectivity index (χ2n) is 8.84. The van der Waals surface area contributed by atoms with Gasteiger partial charge >= 0.3 is 5.97 Å². The number of halogens is 1. The zero-order valence-corrected chi connectivity index (χ0v) is 19.2. The van der Waals surface area contributed by atoms with E-state index in [2.05, 4.69) is 17.4 Å². The lowest BCUT2D eigenvalue weighted by Crippen LogP contribution is -2.31. The number of likely N-dealkylation sites (tertiary alicyclic amines) is 1. The van der Waals surface area contributed by atoms with E-state index in [9.17, 15) is 14.0 Å². The molecule has 4 rings (SSSR count). The number of esters is 1. The van der Waals surface area contributed by atoms with Crippen molar-refractivity contribution in [3.05, 3.63) is 59.0 Å². The first-order chi connectivity index (χ1) is 16.0. The van der Waals surface area contributed by atoms with Crippen LogP contribution in [0.5, 0.6) is 0 Å². The molecule has 1 N–H and O–H groups in total. The lowest BCUT2D eigenvalue weighted by atomic mass is 9.82. The Morgan fingerprint density at radius 1 is 1.33 bits per heavy atom. The molecule has 2 aliphatic heterocycles. The molecule has 0 aliphatic carbocycles. The molecule has 0 bridgehead atoms. The van der Waals surface area contributed by atoms with Gasteiger partial charge in [-0.05, 0) is 68.4 Å². The van der Waals surface area contributed by atoms with Crippen molar-refractivity contribution in [2.45, 2.75) is 51.4 Å². The summed E-state index contributed by atoms with van der Waals surface area (Å²) in [5, 5.41) is 3.36. The van der Waals surface area contributed by atoms with Gasteiger partial charge in [-0.25, -0.2) is 9.37 Å². The van der Waals surface area contributed by atoms with Gasteiger partial charge in [-0.2, -0.15) is 0 Å².